The smallest absolute Gasteiger partial charge is 0.313 e. The molecular formula is C22H21F2N5O3S. The van der Waals surface area contributed by atoms with Crippen LogP contribution in [-0.2, 0) is 16.6 Å². The van der Waals surface area contributed by atoms with Crippen molar-refractivity contribution in [1.82, 2.24) is 10.1 Å². The topological polar surface area (TPSA) is 88.0 Å². The maximum atomic E-state index is 14.1. The van der Waals surface area contributed by atoms with Crippen LogP contribution in [0.4, 0.5) is 14.6 Å². The molecule has 0 bridgehead atoms. The standard InChI is InChI=1S/C22H21F2N5O3S/c1-25-28-20-15(10-19(21(28)30)32-18-9-8-16(23)11-17(18)24)12-27-22(29(20)26-2)33(31)13-14-6-4-3-5-7-14/h3-12,22,25-26H,13H2,1-2H3. The van der Waals surface area contributed by atoms with Crippen molar-refractivity contribution in [2.24, 2.45) is 4.99 Å². The maximum Gasteiger partial charge on any atom is 0.313 e. The maximum absolute atomic E-state index is 14.1. The first kappa shape index (κ1) is 22.6. The van der Waals surface area contributed by atoms with Crippen LogP contribution in [0.3, 0.4) is 0 Å². The molecule has 0 radical (unpaired) electrons. The quantitative estimate of drug-likeness (QED) is 0.549. The van der Waals surface area contributed by atoms with E-state index in [0.717, 1.165) is 17.7 Å². The minimum Gasteiger partial charge on any atom is -0.448 e. The van der Waals surface area contributed by atoms with Gasteiger partial charge in [0.25, 0.3) is 0 Å². The number of aliphatic imine (C=N–C) groups is 1. The van der Waals surface area contributed by atoms with Crippen LogP contribution in [0.2, 0.25) is 0 Å². The van der Waals surface area contributed by atoms with Crippen LogP contribution in [0.25, 0.3) is 0 Å². The Hall–Kier alpha value is -3.57. The van der Waals surface area contributed by atoms with Gasteiger partial charge in [0.15, 0.2) is 23.1 Å². The second kappa shape index (κ2) is 9.51. The van der Waals surface area contributed by atoms with Gasteiger partial charge in [-0.25, -0.2) is 18.9 Å². The Balaban J connectivity index is 1.71. The SMILES string of the molecule is CNN1c2c(cc(Oc3ccc(F)cc3F)c(=O)n2NC)C=NC1S(=O)Cc1ccccc1. The van der Waals surface area contributed by atoms with Crippen LogP contribution < -0.4 is 26.2 Å². The number of nitrogens with one attached hydrogen (secondary N) is 2. The summed E-state index contributed by atoms with van der Waals surface area (Å²) in [6.07, 6.45) is 1.48. The zero-order valence-electron chi connectivity index (χ0n) is 17.8. The lowest BCUT2D eigenvalue weighted by atomic mass is 10.2. The predicted octanol–water partition coefficient (Wildman–Crippen LogP) is 2.70. The number of aromatic nitrogens is 1. The molecule has 1 aliphatic rings. The van der Waals surface area contributed by atoms with Gasteiger partial charge in [0.05, 0.1) is 16.6 Å². The van der Waals surface area contributed by atoms with Crippen LogP contribution in [0.5, 0.6) is 11.5 Å². The number of nitrogens with zero attached hydrogens (tertiary/aromatic N) is 3. The molecule has 2 heterocycles. The van der Waals surface area contributed by atoms with E-state index in [2.05, 4.69) is 15.8 Å². The molecule has 2 unspecified atom stereocenters. The Morgan fingerprint density at radius 2 is 1.82 bits per heavy atom. The highest BCUT2D eigenvalue weighted by Crippen LogP contribution is 2.29. The average Bonchev–Trinajstić information content (AvgIpc) is 2.81. The van der Waals surface area contributed by atoms with Crippen LogP contribution in [-0.4, -0.2) is 34.7 Å². The van der Waals surface area contributed by atoms with Gasteiger partial charge >= 0.3 is 5.56 Å². The molecule has 2 atom stereocenters. The lowest BCUT2D eigenvalue weighted by Crippen LogP contribution is -2.51. The van der Waals surface area contributed by atoms with Crippen molar-refractivity contribution in [3.8, 4) is 11.5 Å². The minimum absolute atomic E-state index is 0.194. The first-order chi connectivity index (χ1) is 15.9. The van der Waals surface area contributed by atoms with Crippen molar-refractivity contribution < 1.29 is 17.7 Å². The van der Waals surface area contributed by atoms with Crippen molar-refractivity contribution >= 4 is 22.8 Å². The molecule has 2 N–H and O–H groups in total. The highest BCUT2D eigenvalue weighted by Gasteiger charge is 2.32. The van der Waals surface area contributed by atoms with E-state index in [-0.39, 0.29) is 17.3 Å². The Labute approximate surface area is 190 Å². The number of pyridine rings is 1. The van der Waals surface area contributed by atoms with Gasteiger partial charge in [-0.1, -0.05) is 30.3 Å². The summed E-state index contributed by atoms with van der Waals surface area (Å²) in [6.45, 7) is 0. The fourth-order valence-electron chi connectivity index (χ4n) is 3.43. The monoisotopic (exact) mass is 473 g/mol. The lowest BCUT2D eigenvalue weighted by molar-refractivity contribution is 0.429. The molecule has 172 valence electrons. The van der Waals surface area contributed by atoms with E-state index in [9.17, 15) is 17.8 Å². The highest BCUT2D eigenvalue weighted by atomic mass is 32.2. The van der Waals surface area contributed by atoms with Crippen molar-refractivity contribution in [3.63, 3.8) is 0 Å². The fraction of sp³-hybridized carbons (Fsp3) is 0.182. The Bertz CT molecular complexity index is 1280. The molecule has 1 aliphatic heterocycles. The number of hydrazine groups is 1. The molecule has 4 rings (SSSR count). The zero-order chi connectivity index (χ0) is 23.5. The summed E-state index contributed by atoms with van der Waals surface area (Å²) in [7, 11) is 1.70. The number of ether oxygens (including phenoxy) is 1. The number of rotatable bonds is 7. The first-order valence-electron chi connectivity index (χ1n) is 9.94. The summed E-state index contributed by atoms with van der Waals surface area (Å²) in [5, 5.41) is 1.52. The molecule has 33 heavy (non-hydrogen) atoms. The minimum atomic E-state index is -1.45. The molecule has 0 saturated carbocycles. The van der Waals surface area contributed by atoms with Crippen LogP contribution >= 0.6 is 0 Å². The van der Waals surface area contributed by atoms with Gasteiger partial charge in [0.1, 0.15) is 5.82 Å². The van der Waals surface area contributed by atoms with Crippen molar-refractivity contribution in [2.45, 2.75) is 11.3 Å². The van der Waals surface area contributed by atoms with E-state index in [1.165, 1.54) is 29.0 Å². The Kier molecular flexibility index (Phi) is 6.52. The zero-order valence-corrected chi connectivity index (χ0v) is 18.6. The first-order valence-corrected chi connectivity index (χ1v) is 11.3. The molecule has 0 saturated heterocycles. The molecule has 3 aromatic rings. The van der Waals surface area contributed by atoms with Gasteiger partial charge in [-0.2, -0.15) is 0 Å². The van der Waals surface area contributed by atoms with Gasteiger partial charge in [-0.3, -0.25) is 19.0 Å². The third kappa shape index (κ3) is 4.50. The third-order valence-corrected chi connectivity index (χ3v) is 6.35. The van der Waals surface area contributed by atoms with E-state index < -0.39 is 33.5 Å². The van der Waals surface area contributed by atoms with Crippen molar-refractivity contribution in [1.29, 1.82) is 0 Å². The van der Waals surface area contributed by atoms with E-state index in [4.69, 9.17) is 4.74 Å². The second-order valence-electron chi connectivity index (χ2n) is 7.04. The summed E-state index contributed by atoms with van der Waals surface area (Å²) in [4.78, 5) is 17.5. The summed E-state index contributed by atoms with van der Waals surface area (Å²) in [6, 6.07) is 13.6. The molecule has 1 aromatic heterocycles. The van der Waals surface area contributed by atoms with Gasteiger partial charge in [-0.15, -0.1) is 0 Å². The number of anilines is 1. The molecule has 0 fully saturated rings. The fourth-order valence-corrected chi connectivity index (χ4v) is 4.74. The van der Waals surface area contributed by atoms with Gasteiger partial charge in [0.2, 0.25) is 5.50 Å². The number of halogens is 2. The summed E-state index contributed by atoms with van der Waals surface area (Å²) in [5.41, 5.74) is 5.65. The normalized spacial score (nSPS) is 15.8. The summed E-state index contributed by atoms with van der Waals surface area (Å²) >= 11 is 0. The van der Waals surface area contributed by atoms with Crippen LogP contribution in [0.1, 0.15) is 11.1 Å². The van der Waals surface area contributed by atoms with Crippen molar-refractivity contribution in [2.75, 3.05) is 24.5 Å². The van der Waals surface area contributed by atoms with Crippen LogP contribution in [0.15, 0.2) is 64.4 Å². The Morgan fingerprint density at radius 3 is 2.48 bits per heavy atom. The molecular weight excluding hydrogens is 452 g/mol. The van der Waals surface area contributed by atoms with Gasteiger partial charge < -0.3 is 10.2 Å². The Morgan fingerprint density at radius 1 is 1.06 bits per heavy atom. The van der Waals surface area contributed by atoms with Gasteiger partial charge in [0, 0.05) is 31.9 Å². The number of benzene rings is 2. The average molecular weight is 474 g/mol. The molecule has 11 heteroatoms. The van der Waals surface area contributed by atoms with E-state index in [1.54, 1.807) is 7.05 Å². The highest BCUT2D eigenvalue weighted by molar-refractivity contribution is 7.84. The van der Waals surface area contributed by atoms with E-state index >= 15 is 0 Å². The summed E-state index contributed by atoms with van der Waals surface area (Å²) in [5.74, 6) is -1.56. The second-order valence-corrected chi connectivity index (χ2v) is 8.51. The van der Waals surface area contributed by atoms with E-state index in [1.807, 2.05) is 30.3 Å². The molecule has 0 spiro atoms. The number of hydrogen-bond donors (Lipinski definition) is 2. The number of fused-ring (bicyclic) bond motifs is 1. The van der Waals surface area contributed by atoms with Gasteiger partial charge in [-0.05, 0) is 23.8 Å². The molecule has 8 nitrogen and oxygen atoms in total. The predicted molar refractivity (Wildman–Crippen MR) is 124 cm³/mol. The third-order valence-electron chi connectivity index (χ3n) is 4.93. The molecule has 0 amide bonds. The number of hydrogen-bond acceptors (Lipinski definition) is 7. The molecule has 0 aliphatic carbocycles. The van der Waals surface area contributed by atoms with Crippen molar-refractivity contribution in [3.05, 3.63) is 87.7 Å². The molecule has 2 aromatic carbocycles. The largest absolute Gasteiger partial charge is 0.448 e. The lowest BCUT2D eigenvalue weighted by Gasteiger charge is -2.34. The summed E-state index contributed by atoms with van der Waals surface area (Å²) < 4.78 is 47.0. The van der Waals surface area contributed by atoms with E-state index in [0.29, 0.717) is 17.4 Å². The van der Waals surface area contributed by atoms with Crippen LogP contribution in [0, 0.1) is 11.6 Å².